The van der Waals surface area contributed by atoms with Gasteiger partial charge in [-0.15, -0.1) is 0 Å². The molecule has 84 valence electrons. The quantitative estimate of drug-likeness (QED) is 0.527. The molecule has 3 atom stereocenters. The van der Waals surface area contributed by atoms with Gasteiger partial charge in [-0.05, 0) is 24.7 Å². The molecular weight excluding hydrogens is 209 g/mol. The minimum Gasteiger partial charge on any atom is -0.456 e. The lowest BCUT2D eigenvalue weighted by molar-refractivity contribution is -0.189. The molecule has 1 saturated carbocycles. The lowest BCUT2D eigenvalue weighted by atomic mass is 9.94. The summed E-state index contributed by atoms with van der Waals surface area (Å²) in [5.74, 6) is -0.610. The van der Waals surface area contributed by atoms with Crippen LogP contribution in [0.3, 0.4) is 0 Å². The first kappa shape index (κ1) is 10.5. The summed E-state index contributed by atoms with van der Waals surface area (Å²) in [6.07, 6.45) is 1.03. The molecule has 2 nitrogen and oxygen atoms in total. The summed E-state index contributed by atoms with van der Waals surface area (Å²) < 4.78 is 39.6. The monoisotopic (exact) mass is 220 g/mol. The van der Waals surface area contributed by atoms with Crippen LogP contribution < -0.4 is 0 Å². The maximum Gasteiger partial charge on any atom is 0.422 e. The fourth-order valence-electron chi connectivity index (χ4n) is 2.31. The molecule has 15 heavy (non-hydrogen) atoms. The third-order valence-corrected chi connectivity index (χ3v) is 2.96. The van der Waals surface area contributed by atoms with Gasteiger partial charge in [0.25, 0.3) is 0 Å². The summed E-state index contributed by atoms with van der Waals surface area (Å²) >= 11 is 0. The van der Waals surface area contributed by atoms with Crippen LogP contribution in [0.5, 0.6) is 0 Å². The average molecular weight is 220 g/mol. The number of carbonyl (C=O) groups excluding carboxylic acids is 1. The molecule has 0 spiro atoms. The van der Waals surface area contributed by atoms with Crippen LogP contribution >= 0.6 is 0 Å². The summed E-state index contributed by atoms with van der Waals surface area (Å²) in [4.78, 5) is 11.3. The Hall–Kier alpha value is -1.00. The highest BCUT2D eigenvalue weighted by Gasteiger charge is 2.41. The van der Waals surface area contributed by atoms with E-state index in [-0.39, 0.29) is 11.8 Å². The van der Waals surface area contributed by atoms with Gasteiger partial charge in [-0.25, -0.2) is 0 Å². The molecule has 2 bridgehead atoms. The minimum absolute atomic E-state index is 0.0933. The van der Waals surface area contributed by atoms with Crippen LogP contribution in [-0.2, 0) is 9.53 Å². The molecule has 5 heteroatoms. The van der Waals surface area contributed by atoms with Gasteiger partial charge >= 0.3 is 12.1 Å². The highest BCUT2D eigenvalue weighted by Crippen LogP contribution is 2.43. The van der Waals surface area contributed by atoms with Gasteiger partial charge in [0.1, 0.15) is 0 Å². The highest BCUT2D eigenvalue weighted by molar-refractivity contribution is 5.74. The van der Waals surface area contributed by atoms with E-state index in [0.717, 1.165) is 6.42 Å². The Morgan fingerprint density at radius 3 is 2.53 bits per heavy atom. The molecule has 0 amide bonds. The van der Waals surface area contributed by atoms with Crippen molar-refractivity contribution in [3.63, 3.8) is 0 Å². The zero-order valence-corrected chi connectivity index (χ0v) is 7.96. The SMILES string of the molecule is O=C(OCC(F)(F)F)C1CC2C=CC1C2. The normalized spacial score (nSPS) is 33.4. The van der Waals surface area contributed by atoms with Crippen LogP contribution in [0.2, 0.25) is 0 Å². The van der Waals surface area contributed by atoms with Crippen molar-refractivity contribution in [3.05, 3.63) is 12.2 Å². The summed E-state index contributed by atoms with van der Waals surface area (Å²) in [5.41, 5.74) is 0. The summed E-state index contributed by atoms with van der Waals surface area (Å²) in [6, 6.07) is 0. The molecule has 2 aliphatic carbocycles. The van der Waals surface area contributed by atoms with Crippen LogP contribution in [-0.4, -0.2) is 18.8 Å². The van der Waals surface area contributed by atoms with Gasteiger partial charge in [-0.2, -0.15) is 13.2 Å². The van der Waals surface area contributed by atoms with Crippen molar-refractivity contribution in [1.82, 2.24) is 0 Å². The van der Waals surface area contributed by atoms with E-state index >= 15 is 0 Å². The van der Waals surface area contributed by atoms with E-state index in [1.165, 1.54) is 0 Å². The molecule has 1 fully saturated rings. The molecule has 3 unspecified atom stereocenters. The fraction of sp³-hybridized carbons (Fsp3) is 0.700. The Kier molecular flexibility index (Phi) is 2.48. The van der Waals surface area contributed by atoms with Crippen molar-refractivity contribution in [3.8, 4) is 0 Å². The van der Waals surface area contributed by atoms with E-state index in [0.29, 0.717) is 12.3 Å². The second-order valence-electron chi connectivity index (χ2n) is 4.11. The third kappa shape index (κ3) is 2.33. The second kappa shape index (κ2) is 3.54. The summed E-state index contributed by atoms with van der Waals surface area (Å²) in [5, 5.41) is 0. The number of ether oxygens (including phenoxy) is 1. The number of esters is 1. The predicted octanol–water partition coefficient (Wildman–Crippen LogP) is 2.30. The lowest BCUT2D eigenvalue weighted by Gasteiger charge is -2.17. The van der Waals surface area contributed by atoms with Crippen LogP contribution in [0.15, 0.2) is 12.2 Å². The van der Waals surface area contributed by atoms with Crippen LogP contribution in [0.1, 0.15) is 12.8 Å². The highest BCUT2D eigenvalue weighted by atomic mass is 19.4. The zero-order chi connectivity index (χ0) is 11.1. The largest absolute Gasteiger partial charge is 0.456 e. The van der Waals surface area contributed by atoms with E-state index in [1.54, 1.807) is 0 Å². The number of alkyl halides is 3. The van der Waals surface area contributed by atoms with Gasteiger partial charge < -0.3 is 4.74 Å². The van der Waals surface area contributed by atoms with Gasteiger partial charge in [0, 0.05) is 0 Å². The smallest absolute Gasteiger partial charge is 0.422 e. The number of rotatable bonds is 2. The Bertz CT molecular complexity index is 296. The van der Waals surface area contributed by atoms with Crippen molar-refractivity contribution in [2.45, 2.75) is 19.0 Å². The Morgan fingerprint density at radius 2 is 2.07 bits per heavy atom. The first-order valence-electron chi connectivity index (χ1n) is 4.87. The van der Waals surface area contributed by atoms with E-state index in [2.05, 4.69) is 4.74 Å². The van der Waals surface area contributed by atoms with E-state index in [4.69, 9.17) is 0 Å². The third-order valence-electron chi connectivity index (χ3n) is 2.96. The van der Waals surface area contributed by atoms with E-state index in [1.807, 2.05) is 12.2 Å². The Labute approximate surface area is 85.1 Å². The molecule has 0 aromatic heterocycles. The van der Waals surface area contributed by atoms with E-state index < -0.39 is 18.8 Å². The van der Waals surface area contributed by atoms with Gasteiger partial charge in [-0.3, -0.25) is 4.79 Å². The summed E-state index contributed by atoms with van der Waals surface area (Å²) in [7, 11) is 0. The standard InChI is InChI=1S/C10H11F3O2/c11-10(12,13)5-15-9(14)8-4-6-1-2-7(8)3-6/h1-2,6-8H,3-5H2. The molecule has 2 aliphatic rings. The first-order valence-corrected chi connectivity index (χ1v) is 4.87. The van der Waals surface area contributed by atoms with Gasteiger partial charge in [-0.1, -0.05) is 12.2 Å². The number of allylic oxidation sites excluding steroid dienone is 2. The maximum absolute atomic E-state index is 11.8. The Balaban J connectivity index is 1.85. The molecule has 0 aromatic carbocycles. The van der Waals surface area contributed by atoms with Crippen molar-refractivity contribution in [2.24, 2.45) is 17.8 Å². The summed E-state index contributed by atoms with van der Waals surface area (Å²) in [6.45, 7) is -1.47. The number of hydrogen-bond donors (Lipinski definition) is 0. The molecule has 0 radical (unpaired) electrons. The molecule has 2 rings (SSSR count). The molecule has 0 N–H and O–H groups in total. The molecule has 0 saturated heterocycles. The van der Waals surface area contributed by atoms with Gasteiger partial charge in [0.2, 0.25) is 0 Å². The average Bonchev–Trinajstić information content (AvgIpc) is 2.73. The maximum atomic E-state index is 11.8. The van der Waals surface area contributed by atoms with Crippen molar-refractivity contribution in [2.75, 3.05) is 6.61 Å². The molecular formula is C10H11F3O2. The first-order chi connectivity index (χ1) is 6.96. The minimum atomic E-state index is -4.43. The lowest BCUT2D eigenvalue weighted by Crippen LogP contribution is -2.26. The van der Waals surface area contributed by atoms with Crippen molar-refractivity contribution < 1.29 is 22.7 Å². The van der Waals surface area contributed by atoms with E-state index in [9.17, 15) is 18.0 Å². The number of fused-ring (bicyclic) bond motifs is 2. The van der Waals surface area contributed by atoms with Crippen LogP contribution in [0.25, 0.3) is 0 Å². The topological polar surface area (TPSA) is 26.3 Å². The van der Waals surface area contributed by atoms with Crippen molar-refractivity contribution in [1.29, 1.82) is 0 Å². The predicted molar refractivity (Wildman–Crippen MR) is 45.9 cm³/mol. The molecule has 0 aromatic rings. The number of carbonyl (C=O) groups is 1. The Morgan fingerprint density at radius 1 is 1.33 bits per heavy atom. The van der Waals surface area contributed by atoms with Gasteiger partial charge in [0.05, 0.1) is 5.92 Å². The van der Waals surface area contributed by atoms with Crippen molar-refractivity contribution >= 4 is 5.97 Å². The van der Waals surface area contributed by atoms with Crippen LogP contribution in [0.4, 0.5) is 13.2 Å². The number of hydrogen-bond acceptors (Lipinski definition) is 2. The second-order valence-corrected chi connectivity index (χ2v) is 4.11. The number of halogens is 3. The fourth-order valence-corrected chi connectivity index (χ4v) is 2.31. The molecule has 0 aliphatic heterocycles. The van der Waals surface area contributed by atoms with Crippen LogP contribution in [0, 0.1) is 17.8 Å². The zero-order valence-electron chi connectivity index (χ0n) is 7.96. The van der Waals surface area contributed by atoms with Gasteiger partial charge in [0.15, 0.2) is 6.61 Å². The molecule has 0 heterocycles.